The molecular formula is C24H26N4O6S. The van der Waals surface area contributed by atoms with Crippen LogP contribution >= 0.6 is 11.8 Å². The highest BCUT2D eigenvalue weighted by Gasteiger charge is 2.12. The maximum Gasteiger partial charge on any atom is 0.414 e. The van der Waals surface area contributed by atoms with E-state index in [-0.39, 0.29) is 0 Å². The van der Waals surface area contributed by atoms with Crippen LogP contribution in [0.3, 0.4) is 0 Å². The van der Waals surface area contributed by atoms with Crippen molar-refractivity contribution in [1.82, 2.24) is 20.1 Å². The van der Waals surface area contributed by atoms with Crippen LogP contribution < -0.4 is 4.74 Å². The summed E-state index contributed by atoms with van der Waals surface area (Å²) in [5, 5.41) is 24.4. The number of H-pyrrole nitrogens is 1. The number of carboxylic acids is 2. The Labute approximate surface area is 205 Å². The molecule has 184 valence electrons. The van der Waals surface area contributed by atoms with Gasteiger partial charge in [-0.2, -0.15) is 0 Å². The summed E-state index contributed by atoms with van der Waals surface area (Å²) in [6.45, 7) is 1.52. The van der Waals surface area contributed by atoms with Crippen molar-refractivity contribution in [3.63, 3.8) is 0 Å². The Morgan fingerprint density at radius 2 is 1.83 bits per heavy atom. The van der Waals surface area contributed by atoms with Crippen molar-refractivity contribution < 1.29 is 29.0 Å². The Bertz CT molecular complexity index is 1240. The summed E-state index contributed by atoms with van der Waals surface area (Å²) >= 11 is 1.72. The van der Waals surface area contributed by atoms with E-state index in [1.807, 2.05) is 36.4 Å². The predicted octanol–water partition coefficient (Wildman–Crippen LogP) is 3.75. The minimum atomic E-state index is -1.82. The average molecular weight is 499 g/mol. The van der Waals surface area contributed by atoms with Gasteiger partial charge in [-0.3, -0.25) is 0 Å². The fourth-order valence-electron chi connectivity index (χ4n) is 3.11. The molecule has 0 radical (unpaired) electrons. The molecule has 0 aliphatic carbocycles. The number of carbonyl (C=O) groups is 2. The van der Waals surface area contributed by atoms with Crippen molar-refractivity contribution >= 4 is 34.6 Å². The molecule has 35 heavy (non-hydrogen) atoms. The fraction of sp³-hybridized carbons (Fsp3) is 0.250. The molecule has 0 aliphatic heterocycles. The number of aromatic nitrogens is 3. The van der Waals surface area contributed by atoms with Gasteiger partial charge in [0.2, 0.25) is 11.8 Å². The monoisotopic (exact) mass is 498 g/mol. The molecule has 0 spiro atoms. The van der Waals surface area contributed by atoms with Crippen molar-refractivity contribution in [2.45, 2.75) is 12.3 Å². The lowest BCUT2D eigenvalue weighted by Crippen LogP contribution is -2.10. The van der Waals surface area contributed by atoms with Crippen molar-refractivity contribution in [1.29, 1.82) is 0 Å². The molecule has 0 unspecified atom stereocenters. The standard InChI is InChI=1S/C22H24N4O2S.C2H2O4/c1-26(2)14-17-13-23-20-9-8-16(12-19(17)20)22-25-24-21(28-22)15-29-11-10-27-18-6-4-3-5-7-18;3-1(4)2(5)6/h3-9,12-13,23H,10-11,14-15H2,1-2H3;(H,3,4)(H,5,6). The number of ether oxygens (including phenoxy) is 1. The molecule has 0 atom stereocenters. The molecule has 4 aromatic rings. The largest absolute Gasteiger partial charge is 0.493 e. The minimum Gasteiger partial charge on any atom is -0.493 e. The van der Waals surface area contributed by atoms with Gasteiger partial charge in [-0.05, 0) is 50.0 Å². The first-order valence-electron chi connectivity index (χ1n) is 10.6. The van der Waals surface area contributed by atoms with E-state index < -0.39 is 11.9 Å². The Kier molecular flexibility index (Phi) is 9.27. The molecule has 2 aromatic carbocycles. The van der Waals surface area contributed by atoms with Crippen molar-refractivity contribution in [3.8, 4) is 17.2 Å². The fourth-order valence-corrected chi connectivity index (χ4v) is 3.74. The van der Waals surface area contributed by atoms with Crippen LogP contribution in [0.1, 0.15) is 11.5 Å². The quantitative estimate of drug-likeness (QED) is 0.231. The highest BCUT2D eigenvalue weighted by Crippen LogP contribution is 2.27. The van der Waals surface area contributed by atoms with Crippen LogP contribution in [0.4, 0.5) is 0 Å². The number of para-hydroxylation sites is 1. The van der Waals surface area contributed by atoms with Crippen LogP contribution in [-0.4, -0.2) is 68.7 Å². The van der Waals surface area contributed by atoms with Crippen molar-refractivity contribution in [2.75, 3.05) is 26.5 Å². The van der Waals surface area contributed by atoms with E-state index in [4.69, 9.17) is 29.0 Å². The average Bonchev–Trinajstić information content (AvgIpc) is 3.46. The smallest absolute Gasteiger partial charge is 0.414 e. The number of nitrogens with zero attached hydrogens (tertiary/aromatic N) is 3. The number of benzene rings is 2. The van der Waals surface area contributed by atoms with Crippen molar-refractivity contribution in [2.24, 2.45) is 0 Å². The molecule has 0 bridgehead atoms. The third-order valence-corrected chi connectivity index (χ3v) is 5.52. The van der Waals surface area contributed by atoms with Gasteiger partial charge in [0, 0.05) is 35.0 Å². The lowest BCUT2D eigenvalue weighted by molar-refractivity contribution is -0.159. The van der Waals surface area contributed by atoms with E-state index in [9.17, 15) is 0 Å². The van der Waals surface area contributed by atoms with Gasteiger partial charge in [-0.15, -0.1) is 22.0 Å². The van der Waals surface area contributed by atoms with Crippen LogP contribution in [-0.2, 0) is 21.9 Å². The van der Waals surface area contributed by atoms with Crippen molar-refractivity contribution in [3.05, 3.63) is 66.2 Å². The second-order valence-corrected chi connectivity index (χ2v) is 8.74. The first-order valence-corrected chi connectivity index (χ1v) is 11.8. The van der Waals surface area contributed by atoms with Gasteiger partial charge in [0.05, 0.1) is 12.4 Å². The molecule has 10 nitrogen and oxygen atoms in total. The molecule has 0 saturated heterocycles. The van der Waals surface area contributed by atoms with Crippen LogP contribution in [0.25, 0.3) is 22.4 Å². The predicted molar refractivity (Wildman–Crippen MR) is 132 cm³/mol. The second-order valence-electron chi connectivity index (χ2n) is 7.64. The van der Waals surface area contributed by atoms with Gasteiger partial charge >= 0.3 is 11.9 Å². The van der Waals surface area contributed by atoms with Gasteiger partial charge in [-0.25, -0.2) is 9.59 Å². The zero-order valence-corrected chi connectivity index (χ0v) is 20.1. The Balaban J connectivity index is 0.000000509. The van der Waals surface area contributed by atoms with E-state index in [1.165, 1.54) is 10.9 Å². The normalized spacial score (nSPS) is 10.7. The number of aliphatic carboxylic acids is 2. The number of rotatable bonds is 9. The number of hydrogen-bond acceptors (Lipinski definition) is 8. The molecule has 0 saturated carbocycles. The Hall–Kier alpha value is -3.83. The molecule has 4 rings (SSSR count). The van der Waals surface area contributed by atoms with E-state index in [0.29, 0.717) is 24.1 Å². The van der Waals surface area contributed by atoms with Gasteiger partial charge in [0.15, 0.2) is 0 Å². The first-order chi connectivity index (χ1) is 16.8. The van der Waals surface area contributed by atoms with E-state index in [0.717, 1.165) is 29.1 Å². The number of thioether (sulfide) groups is 1. The third kappa shape index (κ3) is 7.87. The molecule has 0 amide bonds. The van der Waals surface area contributed by atoms with Crippen LogP contribution in [0.2, 0.25) is 0 Å². The zero-order chi connectivity index (χ0) is 25.2. The minimum absolute atomic E-state index is 0.556. The summed E-state index contributed by atoms with van der Waals surface area (Å²) in [6, 6.07) is 16.0. The Morgan fingerprint density at radius 1 is 1.09 bits per heavy atom. The maximum absolute atomic E-state index is 9.10. The number of nitrogens with one attached hydrogen (secondary N) is 1. The molecule has 3 N–H and O–H groups in total. The number of hydrogen-bond donors (Lipinski definition) is 3. The Morgan fingerprint density at radius 3 is 2.51 bits per heavy atom. The highest BCUT2D eigenvalue weighted by atomic mass is 32.2. The molecule has 0 aliphatic rings. The SMILES string of the molecule is CN(C)Cc1c[nH]c2ccc(-c3nnc(CSCCOc4ccccc4)o3)cc12.O=C(O)C(=O)O. The molecular weight excluding hydrogens is 472 g/mol. The summed E-state index contributed by atoms with van der Waals surface area (Å²) in [6.07, 6.45) is 2.06. The molecule has 0 fully saturated rings. The topological polar surface area (TPSA) is 142 Å². The van der Waals surface area contributed by atoms with Gasteiger partial charge in [-0.1, -0.05) is 18.2 Å². The number of aromatic amines is 1. The lowest BCUT2D eigenvalue weighted by Gasteiger charge is -2.08. The zero-order valence-electron chi connectivity index (χ0n) is 19.3. The van der Waals surface area contributed by atoms with Gasteiger partial charge in [0.25, 0.3) is 0 Å². The molecule has 11 heteroatoms. The van der Waals surface area contributed by atoms with Crippen LogP contribution in [0, 0.1) is 0 Å². The van der Waals surface area contributed by atoms with E-state index >= 15 is 0 Å². The van der Waals surface area contributed by atoms with E-state index in [2.05, 4.69) is 52.5 Å². The van der Waals surface area contributed by atoms with Gasteiger partial charge in [0.1, 0.15) is 5.75 Å². The summed E-state index contributed by atoms with van der Waals surface area (Å²) in [7, 11) is 4.13. The molecule has 2 heterocycles. The summed E-state index contributed by atoms with van der Waals surface area (Å²) < 4.78 is 11.6. The summed E-state index contributed by atoms with van der Waals surface area (Å²) in [4.78, 5) is 23.7. The third-order valence-electron chi connectivity index (χ3n) is 4.62. The van der Waals surface area contributed by atoms with Crippen LogP contribution in [0.5, 0.6) is 5.75 Å². The molecule has 2 aromatic heterocycles. The second kappa shape index (κ2) is 12.6. The van der Waals surface area contributed by atoms with E-state index in [1.54, 1.807) is 11.8 Å². The number of fused-ring (bicyclic) bond motifs is 1. The van der Waals surface area contributed by atoms with Crippen LogP contribution in [0.15, 0.2) is 59.1 Å². The highest BCUT2D eigenvalue weighted by molar-refractivity contribution is 7.98. The van der Waals surface area contributed by atoms with Gasteiger partial charge < -0.3 is 29.3 Å². The first kappa shape index (κ1) is 25.8. The number of carboxylic acid groups (broad SMARTS) is 2. The summed E-state index contributed by atoms with van der Waals surface area (Å²) in [5.41, 5.74) is 3.30. The lowest BCUT2D eigenvalue weighted by atomic mass is 10.1. The summed E-state index contributed by atoms with van der Waals surface area (Å²) in [5.74, 6) is -0.0430. The maximum atomic E-state index is 9.10.